The molecule has 3 nitrogen and oxygen atoms in total. The Morgan fingerprint density at radius 3 is 2.46 bits per heavy atom. The summed E-state index contributed by atoms with van der Waals surface area (Å²) in [5.74, 6) is -1.55. The third-order valence-electron chi connectivity index (χ3n) is 4.65. The quantitative estimate of drug-likeness (QED) is 0.732. The minimum atomic E-state index is -0.611. The van der Waals surface area contributed by atoms with Crippen LogP contribution in [0, 0.1) is 23.5 Å². The maximum absolute atomic E-state index is 14.0. The van der Waals surface area contributed by atoms with Crippen LogP contribution in [0.15, 0.2) is 30.3 Å². The Bertz CT molecular complexity index is 836. The molecule has 0 radical (unpaired) electrons. The lowest BCUT2D eigenvalue weighted by atomic mass is 9.85. The second kappa shape index (κ2) is 7.41. The molecule has 0 bridgehead atoms. The van der Waals surface area contributed by atoms with E-state index >= 15 is 0 Å². The van der Waals surface area contributed by atoms with Crippen molar-refractivity contribution in [3.63, 3.8) is 0 Å². The number of piperidine rings is 1. The van der Waals surface area contributed by atoms with Crippen molar-refractivity contribution in [1.82, 2.24) is 0 Å². The van der Waals surface area contributed by atoms with E-state index in [1.807, 2.05) is 6.92 Å². The first-order valence-electron chi connectivity index (χ1n) is 8.26. The molecule has 0 unspecified atom stereocenters. The zero-order chi connectivity index (χ0) is 19.0. The summed E-state index contributed by atoms with van der Waals surface area (Å²) >= 11 is 12.5. The number of nitrogen functional groups attached to an aromatic ring is 1. The first kappa shape index (κ1) is 18.9. The smallest absolute Gasteiger partial charge is 0.229 e. The number of carbonyl (C=O) groups is 1. The monoisotopic (exact) mass is 398 g/mol. The van der Waals surface area contributed by atoms with Crippen LogP contribution in [0.4, 0.5) is 20.2 Å². The number of rotatable bonds is 3. The summed E-state index contributed by atoms with van der Waals surface area (Å²) in [6.07, 6.45) is 1.00. The van der Waals surface area contributed by atoms with Crippen molar-refractivity contribution in [2.75, 3.05) is 17.2 Å². The lowest BCUT2D eigenvalue weighted by Crippen LogP contribution is -2.45. The fourth-order valence-electron chi connectivity index (χ4n) is 3.48. The van der Waals surface area contributed by atoms with Crippen molar-refractivity contribution in [3.8, 4) is 0 Å². The van der Waals surface area contributed by atoms with Crippen molar-refractivity contribution in [1.29, 1.82) is 0 Å². The van der Waals surface area contributed by atoms with Gasteiger partial charge in [0.15, 0.2) is 0 Å². The second-order valence-corrected chi connectivity index (χ2v) is 7.54. The van der Waals surface area contributed by atoms with E-state index < -0.39 is 11.6 Å². The van der Waals surface area contributed by atoms with Gasteiger partial charge in [0.1, 0.15) is 11.6 Å². The highest BCUT2D eigenvalue weighted by molar-refractivity contribution is 6.40. The van der Waals surface area contributed by atoms with Crippen molar-refractivity contribution in [2.45, 2.75) is 19.8 Å². The van der Waals surface area contributed by atoms with Gasteiger partial charge in [0, 0.05) is 24.2 Å². The summed E-state index contributed by atoms with van der Waals surface area (Å²) in [5.41, 5.74) is 6.99. The van der Waals surface area contributed by atoms with Crippen molar-refractivity contribution >= 4 is 40.5 Å². The van der Waals surface area contributed by atoms with E-state index in [4.69, 9.17) is 28.9 Å². The van der Waals surface area contributed by atoms with Gasteiger partial charge in [-0.1, -0.05) is 36.2 Å². The Kier molecular flexibility index (Phi) is 5.39. The largest absolute Gasteiger partial charge is 0.399 e. The minimum absolute atomic E-state index is 0.00709. The summed E-state index contributed by atoms with van der Waals surface area (Å²) in [7, 11) is 0. The molecule has 2 aromatic carbocycles. The van der Waals surface area contributed by atoms with Crippen LogP contribution in [0.1, 0.15) is 18.9 Å². The zero-order valence-corrected chi connectivity index (χ0v) is 15.6. The molecule has 138 valence electrons. The van der Waals surface area contributed by atoms with E-state index in [-0.39, 0.29) is 17.7 Å². The molecule has 1 amide bonds. The molecule has 2 atom stereocenters. The first-order valence-corrected chi connectivity index (χ1v) is 9.01. The van der Waals surface area contributed by atoms with Crippen molar-refractivity contribution < 1.29 is 13.6 Å². The Morgan fingerprint density at radius 2 is 1.85 bits per heavy atom. The Labute approximate surface area is 160 Å². The normalized spacial score (nSPS) is 20.5. The van der Waals surface area contributed by atoms with Crippen LogP contribution in [-0.4, -0.2) is 12.5 Å². The van der Waals surface area contributed by atoms with Gasteiger partial charge in [0.05, 0.1) is 15.7 Å². The molecule has 1 saturated heterocycles. The van der Waals surface area contributed by atoms with E-state index in [1.54, 1.807) is 17.0 Å². The van der Waals surface area contributed by atoms with Crippen molar-refractivity contribution in [2.24, 2.45) is 11.8 Å². The topological polar surface area (TPSA) is 46.3 Å². The molecule has 1 aliphatic rings. The standard InChI is InChI=1S/C19H18Cl2F2N2O/c1-10-4-11(5-12-2-3-13(22)6-17(12)23)9-25(19(10)26)18-15(20)7-14(24)8-16(18)21/h2-3,6-8,10-11H,4-5,9,24H2,1H3/t10-,11-/m1/s1. The Hall–Kier alpha value is -1.85. The highest BCUT2D eigenvalue weighted by Crippen LogP contribution is 2.39. The van der Waals surface area contributed by atoms with E-state index in [9.17, 15) is 13.6 Å². The van der Waals surface area contributed by atoms with Gasteiger partial charge >= 0.3 is 0 Å². The van der Waals surface area contributed by atoms with Crippen LogP contribution in [0.3, 0.4) is 0 Å². The average molecular weight is 399 g/mol. The highest BCUT2D eigenvalue weighted by Gasteiger charge is 2.34. The van der Waals surface area contributed by atoms with Gasteiger partial charge in [0.2, 0.25) is 5.91 Å². The van der Waals surface area contributed by atoms with Gasteiger partial charge in [0.25, 0.3) is 0 Å². The number of nitrogens with zero attached hydrogens (tertiary/aromatic N) is 1. The van der Waals surface area contributed by atoms with Gasteiger partial charge in [-0.2, -0.15) is 0 Å². The van der Waals surface area contributed by atoms with Crippen LogP contribution >= 0.6 is 23.2 Å². The van der Waals surface area contributed by atoms with Crippen LogP contribution in [0.2, 0.25) is 10.0 Å². The van der Waals surface area contributed by atoms with E-state index in [0.717, 1.165) is 6.07 Å². The third kappa shape index (κ3) is 3.79. The number of amides is 1. The molecule has 1 heterocycles. The molecule has 0 aliphatic carbocycles. The number of hydrogen-bond acceptors (Lipinski definition) is 2. The predicted octanol–water partition coefficient (Wildman–Crippen LogP) is 5.09. The number of carbonyl (C=O) groups excluding carboxylic acids is 1. The highest BCUT2D eigenvalue weighted by atomic mass is 35.5. The molecule has 26 heavy (non-hydrogen) atoms. The van der Waals surface area contributed by atoms with E-state index in [2.05, 4.69) is 0 Å². The molecule has 1 aliphatic heterocycles. The lowest BCUT2D eigenvalue weighted by Gasteiger charge is -2.37. The first-order chi connectivity index (χ1) is 12.3. The number of hydrogen-bond donors (Lipinski definition) is 1. The van der Waals surface area contributed by atoms with Crippen molar-refractivity contribution in [3.05, 3.63) is 57.6 Å². The summed E-state index contributed by atoms with van der Waals surface area (Å²) in [6, 6.07) is 6.65. The van der Waals surface area contributed by atoms with Gasteiger partial charge in [-0.05, 0) is 42.5 Å². The molecule has 0 aromatic heterocycles. The summed E-state index contributed by atoms with van der Waals surface area (Å²) in [4.78, 5) is 14.2. The fourth-order valence-corrected chi connectivity index (χ4v) is 4.19. The summed E-state index contributed by atoms with van der Waals surface area (Å²) in [6.45, 7) is 2.17. The maximum Gasteiger partial charge on any atom is 0.229 e. The third-order valence-corrected chi connectivity index (χ3v) is 5.22. The second-order valence-electron chi connectivity index (χ2n) is 6.72. The molecule has 2 N–H and O–H groups in total. The molecular formula is C19H18Cl2F2N2O. The minimum Gasteiger partial charge on any atom is -0.399 e. The SMILES string of the molecule is C[C@@H]1C[C@H](Cc2ccc(F)cc2F)CN(c2c(Cl)cc(N)cc2Cl)C1=O. The van der Waals surface area contributed by atoms with E-state index in [0.29, 0.717) is 46.4 Å². The molecular weight excluding hydrogens is 381 g/mol. The number of halogens is 4. The summed E-state index contributed by atoms with van der Waals surface area (Å²) in [5, 5.41) is 0.591. The molecule has 1 fully saturated rings. The van der Waals surface area contributed by atoms with Crippen LogP contribution in [0.25, 0.3) is 0 Å². The lowest BCUT2D eigenvalue weighted by molar-refractivity contribution is -0.124. The molecule has 2 aromatic rings. The summed E-state index contributed by atoms with van der Waals surface area (Å²) < 4.78 is 27.1. The van der Waals surface area contributed by atoms with Gasteiger partial charge in [-0.3, -0.25) is 4.79 Å². The van der Waals surface area contributed by atoms with Gasteiger partial charge in [-0.25, -0.2) is 8.78 Å². The predicted molar refractivity (Wildman–Crippen MR) is 101 cm³/mol. The zero-order valence-electron chi connectivity index (χ0n) is 14.1. The fraction of sp³-hybridized carbons (Fsp3) is 0.316. The number of benzene rings is 2. The van der Waals surface area contributed by atoms with Crippen LogP contribution in [0.5, 0.6) is 0 Å². The Balaban J connectivity index is 1.89. The molecule has 0 saturated carbocycles. The Morgan fingerprint density at radius 1 is 1.19 bits per heavy atom. The average Bonchev–Trinajstić information content (AvgIpc) is 2.53. The molecule has 7 heteroatoms. The van der Waals surface area contributed by atoms with Crippen LogP contribution < -0.4 is 10.6 Å². The number of anilines is 2. The molecule has 3 rings (SSSR count). The van der Waals surface area contributed by atoms with Gasteiger partial charge in [-0.15, -0.1) is 0 Å². The van der Waals surface area contributed by atoms with Crippen LogP contribution in [-0.2, 0) is 11.2 Å². The van der Waals surface area contributed by atoms with Gasteiger partial charge < -0.3 is 10.6 Å². The van der Waals surface area contributed by atoms with E-state index in [1.165, 1.54) is 12.1 Å². The number of nitrogens with two attached hydrogens (primary N) is 1. The maximum atomic E-state index is 14.0. The molecule has 0 spiro atoms.